The molecule has 0 spiro atoms. The number of likely N-dealkylation sites (tertiary alicyclic amines) is 1. The third-order valence-corrected chi connectivity index (χ3v) is 5.08. The summed E-state index contributed by atoms with van der Waals surface area (Å²) in [6, 6.07) is 17.1. The quantitative estimate of drug-likeness (QED) is 0.807. The van der Waals surface area contributed by atoms with E-state index >= 15 is 0 Å². The molecule has 0 bridgehead atoms. The Kier molecular flexibility index (Phi) is 8.03. The van der Waals surface area contributed by atoms with Gasteiger partial charge in [0.1, 0.15) is 0 Å². The second-order valence-corrected chi connectivity index (χ2v) is 7.22. The fourth-order valence-corrected chi connectivity index (χ4v) is 3.41. The van der Waals surface area contributed by atoms with Crippen molar-refractivity contribution < 1.29 is 9.59 Å². The highest BCUT2D eigenvalue weighted by molar-refractivity contribution is 5.94. The number of benzene rings is 2. The van der Waals surface area contributed by atoms with Crippen LogP contribution < -0.4 is 11.1 Å². The monoisotopic (exact) mass is 401 g/mol. The lowest BCUT2D eigenvalue weighted by Crippen LogP contribution is -2.46. The normalized spacial score (nSPS) is 15.4. The van der Waals surface area contributed by atoms with Crippen molar-refractivity contribution in [2.45, 2.75) is 38.3 Å². The molecule has 28 heavy (non-hydrogen) atoms. The zero-order chi connectivity index (χ0) is 19.2. The fourth-order valence-electron chi connectivity index (χ4n) is 3.41. The fraction of sp³-hybridized carbons (Fsp3) is 0.364. The van der Waals surface area contributed by atoms with E-state index in [1.54, 1.807) is 0 Å². The molecular weight excluding hydrogens is 374 g/mol. The first-order valence-electron chi connectivity index (χ1n) is 9.49. The van der Waals surface area contributed by atoms with Crippen LogP contribution in [0.1, 0.15) is 46.8 Å². The summed E-state index contributed by atoms with van der Waals surface area (Å²) in [6.07, 6.45) is 1.81. The van der Waals surface area contributed by atoms with Crippen LogP contribution in [0.4, 0.5) is 0 Å². The zero-order valence-corrected chi connectivity index (χ0v) is 17.0. The summed E-state index contributed by atoms with van der Waals surface area (Å²) in [4.78, 5) is 26.7. The van der Waals surface area contributed by atoms with Crippen molar-refractivity contribution in [3.05, 3.63) is 71.3 Å². The molecule has 6 heteroatoms. The Bertz CT molecular complexity index is 772. The number of nitrogens with two attached hydrogens (primary N) is 1. The van der Waals surface area contributed by atoms with E-state index in [1.807, 2.05) is 66.4 Å². The first-order valence-corrected chi connectivity index (χ1v) is 9.49. The van der Waals surface area contributed by atoms with Crippen molar-refractivity contribution in [3.63, 3.8) is 0 Å². The summed E-state index contributed by atoms with van der Waals surface area (Å²) in [5.41, 5.74) is 8.95. The Hall–Kier alpha value is -2.37. The highest BCUT2D eigenvalue weighted by atomic mass is 35.5. The van der Waals surface area contributed by atoms with Gasteiger partial charge in [0.15, 0.2) is 0 Å². The molecule has 1 aliphatic rings. The Morgan fingerprint density at radius 1 is 1.07 bits per heavy atom. The molecule has 150 valence electrons. The van der Waals surface area contributed by atoms with Gasteiger partial charge in [-0.3, -0.25) is 9.59 Å². The van der Waals surface area contributed by atoms with Gasteiger partial charge >= 0.3 is 0 Å². The second-order valence-electron chi connectivity index (χ2n) is 7.22. The standard InChI is InChI=1S/C22H27N3O2.ClH/c1-16-7-9-18(10-8-16)22(27)25-13-11-19(12-14-25)24-21(26)15-20(23)17-5-3-2-4-6-17;/h2-10,19-20H,11-15,23H2,1H3,(H,24,26);1H. The molecule has 3 N–H and O–H groups in total. The van der Waals surface area contributed by atoms with E-state index < -0.39 is 0 Å². The summed E-state index contributed by atoms with van der Waals surface area (Å²) < 4.78 is 0. The van der Waals surface area contributed by atoms with Crippen molar-refractivity contribution in [1.82, 2.24) is 10.2 Å². The number of hydrogen-bond donors (Lipinski definition) is 2. The summed E-state index contributed by atoms with van der Waals surface area (Å²) in [5, 5.41) is 3.07. The average Bonchev–Trinajstić information content (AvgIpc) is 2.69. The van der Waals surface area contributed by atoms with Crippen molar-refractivity contribution in [3.8, 4) is 0 Å². The molecule has 1 unspecified atom stereocenters. The smallest absolute Gasteiger partial charge is 0.253 e. The van der Waals surface area contributed by atoms with E-state index in [0.29, 0.717) is 13.1 Å². The van der Waals surface area contributed by atoms with E-state index in [0.717, 1.165) is 29.5 Å². The average molecular weight is 402 g/mol. The van der Waals surface area contributed by atoms with Gasteiger partial charge in [-0.05, 0) is 37.5 Å². The van der Waals surface area contributed by atoms with Gasteiger partial charge in [-0.2, -0.15) is 0 Å². The van der Waals surface area contributed by atoms with Gasteiger partial charge < -0.3 is 16.0 Å². The number of hydrogen-bond acceptors (Lipinski definition) is 3. The minimum atomic E-state index is -0.297. The third kappa shape index (κ3) is 5.81. The van der Waals surface area contributed by atoms with Crippen LogP contribution in [-0.4, -0.2) is 35.8 Å². The van der Waals surface area contributed by atoms with Gasteiger partial charge in [-0.25, -0.2) is 0 Å². The molecule has 3 rings (SSSR count). The SMILES string of the molecule is Cc1ccc(C(=O)N2CCC(NC(=O)CC(N)c3ccccc3)CC2)cc1.Cl. The molecule has 0 radical (unpaired) electrons. The van der Waals surface area contributed by atoms with Crippen molar-refractivity contribution in [2.24, 2.45) is 5.73 Å². The molecule has 2 aromatic rings. The highest BCUT2D eigenvalue weighted by Gasteiger charge is 2.25. The lowest BCUT2D eigenvalue weighted by molar-refractivity contribution is -0.122. The molecule has 0 aliphatic carbocycles. The first kappa shape index (κ1) is 21.9. The maximum atomic E-state index is 12.6. The summed E-state index contributed by atoms with van der Waals surface area (Å²) >= 11 is 0. The number of halogens is 1. The molecule has 2 aromatic carbocycles. The van der Waals surface area contributed by atoms with Crippen LogP contribution in [-0.2, 0) is 4.79 Å². The Morgan fingerprint density at radius 3 is 2.29 bits per heavy atom. The van der Waals surface area contributed by atoms with E-state index in [1.165, 1.54) is 0 Å². The molecule has 1 saturated heterocycles. The number of piperidine rings is 1. The van der Waals surface area contributed by atoms with Gasteiger partial charge in [0, 0.05) is 37.2 Å². The molecule has 0 aromatic heterocycles. The minimum absolute atomic E-state index is 0. The zero-order valence-electron chi connectivity index (χ0n) is 16.1. The van der Waals surface area contributed by atoms with Crippen molar-refractivity contribution in [1.29, 1.82) is 0 Å². The number of carbonyl (C=O) groups excluding carboxylic acids is 2. The van der Waals surface area contributed by atoms with E-state index in [4.69, 9.17) is 5.73 Å². The minimum Gasteiger partial charge on any atom is -0.353 e. The molecular formula is C22H28ClN3O2. The number of rotatable bonds is 5. The van der Waals surface area contributed by atoms with Crippen LogP contribution in [0.3, 0.4) is 0 Å². The number of amides is 2. The van der Waals surface area contributed by atoms with Crippen molar-refractivity contribution >= 4 is 24.2 Å². The third-order valence-electron chi connectivity index (χ3n) is 5.08. The number of nitrogens with zero attached hydrogens (tertiary/aromatic N) is 1. The van der Waals surface area contributed by atoms with Crippen LogP contribution in [0.15, 0.2) is 54.6 Å². The molecule has 1 aliphatic heterocycles. The maximum Gasteiger partial charge on any atom is 0.253 e. The molecule has 1 atom stereocenters. The molecule has 2 amide bonds. The number of nitrogens with one attached hydrogen (secondary N) is 1. The Labute approximate surface area is 172 Å². The Balaban J connectivity index is 0.00000280. The number of carbonyl (C=O) groups is 2. The van der Waals surface area contributed by atoms with Gasteiger partial charge in [0.2, 0.25) is 5.91 Å². The Morgan fingerprint density at radius 2 is 1.68 bits per heavy atom. The predicted molar refractivity (Wildman–Crippen MR) is 113 cm³/mol. The summed E-state index contributed by atoms with van der Waals surface area (Å²) in [5.74, 6) is 0.0283. The maximum absolute atomic E-state index is 12.6. The van der Waals surface area contributed by atoms with Crippen LogP contribution in [0.5, 0.6) is 0 Å². The van der Waals surface area contributed by atoms with Gasteiger partial charge in [0.25, 0.3) is 5.91 Å². The second kappa shape index (κ2) is 10.2. The summed E-state index contributed by atoms with van der Waals surface area (Å²) in [6.45, 7) is 3.32. The largest absolute Gasteiger partial charge is 0.353 e. The summed E-state index contributed by atoms with van der Waals surface area (Å²) in [7, 11) is 0. The van der Waals surface area contributed by atoms with Crippen molar-refractivity contribution in [2.75, 3.05) is 13.1 Å². The van der Waals surface area contributed by atoms with Gasteiger partial charge in [0.05, 0.1) is 0 Å². The molecule has 0 saturated carbocycles. The lowest BCUT2D eigenvalue weighted by Gasteiger charge is -2.32. The van der Waals surface area contributed by atoms with E-state index in [2.05, 4.69) is 5.32 Å². The lowest BCUT2D eigenvalue weighted by atomic mass is 10.0. The van der Waals surface area contributed by atoms with E-state index in [-0.39, 0.29) is 42.7 Å². The molecule has 1 fully saturated rings. The van der Waals surface area contributed by atoms with E-state index in [9.17, 15) is 9.59 Å². The topological polar surface area (TPSA) is 75.4 Å². The predicted octanol–water partition coefficient (Wildman–Crippen LogP) is 3.23. The van der Waals surface area contributed by atoms with Crippen LogP contribution in [0.2, 0.25) is 0 Å². The van der Waals surface area contributed by atoms with Gasteiger partial charge in [-0.15, -0.1) is 12.4 Å². The molecule has 5 nitrogen and oxygen atoms in total. The van der Waals surface area contributed by atoms with Crippen LogP contribution in [0, 0.1) is 6.92 Å². The number of aryl methyl sites for hydroxylation is 1. The van der Waals surface area contributed by atoms with Gasteiger partial charge in [-0.1, -0.05) is 48.0 Å². The molecule has 1 heterocycles. The highest BCUT2D eigenvalue weighted by Crippen LogP contribution is 2.17. The van der Waals surface area contributed by atoms with Crippen LogP contribution >= 0.6 is 12.4 Å². The van der Waals surface area contributed by atoms with Crippen LogP contribution in [0.25, 0.3) is 0 Å². The first-order chi connectivity index (χ1) is 13.0.